The van der Waals surface area contributed by atoms with Crippen LogP contribution in [0.4, 0.5) is 4.79 Å². The number of nitrogens with zero attached hydrogens (tertiary/aromatic N) is 3. The summed E-state index contributed by atoms with van der Waals surface area (Å²) in [6.07, 6.45) is 0.364. The van der Waals surface area contributed by atoms with Crippen LogP contribution in [0.1, 0.15) is 36.9 Å². The van der Waals surface area contributed by atoms with Crippen LogP contribution < -0.4 is 5.32 Å². The van der Waals surface area contributed by atoms with Gasteiger partial charge in [0, 0.05) is 38.0 Å². The van der Waals surface area contributed by atoms with Crippen molar-refractivity contribution in [3.63, 3.8) is 0 Å². The van der Waals surface area contributed by atoms with Crippen molar-refractivity contribution in [2.45, 2.75) is 38.8 Å². The van der Waals surface area contributed by atoms with Crippen LogP contribution in [0, 0.1) is 0 Å². The normalized spacial score (nSPS) is 14.8. The molecule has 2 heterocycles. The molecule has 1 atom stereocenters. The Morgan fingerprint density at radius 1 is 1.19 bits per heavy atom. The first kappa shape index (κ1) is 27.3. The number of hydrogen-bond acceptors (Lipinski definition) is 8. The molecule has 2 rings (SSSR count). The summed E-state index contributed by atoms with van der Waals surface area (Å²) in [4.78, 5) is 50.1. The zero-order valence-corrected chi connectivity index (χ0v) is 19.1. The van der Waals surface area contributed by atoms with Gasteiger partial charge in [-0.25, -0.2) is 24.2 Å². The molecule has 4 N–H and O–H groups in total. The lowest BCUT2D eigenvalue weighted by atomic mass is 10.2. The number of thiazole rings is 1. The summed E-state index contributed by atoms with van der Waals surface area (Å²) >= 11 is 1.57. The van der Waals surface area contributed by atoms with E-state index in [0.717, 1.165) is 23.8 Å². The van der Waals surface area contributed by atoms with Crippen LogP contribution >= 0.6 is 11.3 Å². The first-order valence-electron chi connectivity index (χ1n) is 9.96. The van der Waals surface area contributed by atoms with Crippen molar-refractivity contribution < 1.29 is 39.2 Å². The van der Waals surface area contributed by atoms with Gasteiger partial charge in [-0.05, 0) is 6.42 Å². The van der Waals surface area contributed by atoms with Gasteiger partial charge in [0.1, 0.15) is 6.04 Å². The average molecular weight is 475 g/mol. The third-order valence-corrected chi connectivity index (χ3v) is 5.62. The number of carbonyl (C=O) groups excluding carboxylic acids is 1. The monoisotopic (exact) mass is 474 g/mol. The largest absolute Gasteiger partial charge is 0.480 e. The number of rotatable bonds is 8. The first-order valence-corrected chi connectivity index (χ1v) is 10.8. The van der Waals surface area contributed by atoms with E-state index in [1.807, 2.05) is 5.38 Å². The summed E-state index contributed by atoms with van der Waals surface area (Å²) in [5.41, 5.74) is 0.816. The predicted octanol–water partition coefficient (Wildman–Crippen LogP) is 0.739. The third-order valence-electron chi connectivity index (χ3n) is 4.43. The zero-order valence-electron chi connectivity index (χ0n) is 18.3. The highest BCUT2D eigenvalue weighted by molar-refractivity contribution is 7.09. The van der Waals surface area contributed by atoms with E-state index in [4.69, 9.17) is 24.5 Å². The maximum atomic E-state index is 12.3. The molecule has 1 aliphatic heterocycles. The van der Waals surface area contributed by atoms with Crippen molar-refractivity contribution >= 4 is 35.3 Å². The molecule has 0 aliphatic carbocycles. The molecule has 0 spiro atoms. The Bertz CT molecular complexity index is 767. The lowest BCUT2D eigenvalue weighted by Crippen LogP contribution is -2.48. The standard InChI is InChI=1S/C17H28N4O4S.C2H2O4/c1-12(2)15-18-13(11-26-15)10-20(3)17(24)19-14(16(22)23)4-5-21-6-8-25-9-7-21;3-1(4)2(5)6/h11-12,14H,4-10H2,1-3H3,(H,19,24)(H,22,23);(H,3,4)(H,5,6). The van der Waals surface area contributed by atoms with E-state index < -0.39 is 30.0 Å². The van der Waals surface area contributed by atoms with Gasteiger partial charge in [-0.15, -0.1) is 11.3 Å². The Balaban J connectivity index is 0.000000751. The van der Waals surface area contributed by atoms with E-state index in [9.17, 15) is 14.7 Å². The minimum absolute atomic E-state index is 0.351. The highest BCUT2D eigenvalue weighted by Crippen LogP contribution is 2.19. The summed E-state index contributed by atoms with van der Waals surface area (Å²) in [7, 11) is 1.64. The molecule has 32 heavy (non-hydrogen) atoms. The molecular weight excluding hydrogens is 444 g/mol. The molecule has 12 nitrogen and oxygen atoms in total. The summed E-state index contributed by atoms with van der Waals surface area (Å²) in [5.74, 6) is -4.31. The Morgan fingerprint density at radius 2 is 1.78 bits per heavy atom. The van der Waals surface area contributed by atoms with E-state index >= 15 is 0 Å². The van der Waals surface area contributed by atoms with Gasteiger partial charge >= 0.3 is 23.9 Å². The second-order valence-electron chi connectivity index (χ2n) is 7.38. The molecule has 1 unspecified atom stereocenters. The maximum absolute atomic E-state index is 12.3. The molecule has 1 aromatic heterocycles. The molecule has 1 aromatic rings. The number of ether oxygens (including phenoxy) is 1. The Kier molecular flexibility index (Phi) is 11.6. The molecule has 13 heteroatoms. The Morgan fingerprint density at radius 3 is 2.25 bits per heavy atom. The highest BCUT2D eigenvalue weighted by atomic mass is 32.1. The first-order chi connectivity index (χ1) is 15.0. The fourth-order valence-electron chi connectivity index (χ4n) is 2.63. The lowest BCUT2D eigenvalue weighted by molar-refractivity contribution is -0.159. The summed E-state index contributed by atoms with van der Waals surface area (Å²) in [5, 5.41) is 29.8. The smallest absolute Gasteiger partial charge is 0.414 e. The lowest BCUT2D eigenvalue weighted by Gasteiger charge is -2.28. The molecule has 0 bridgehead atoms. The van der Waals surface area contributed by atoms with Gasteiger partial charge in [0.05, 0.1) is 30.5 Å². The fourth-order valence-corrected chi connectivity index (χ4v) is 3.45. The van der Waals surface area contributed by atoms with Crippen molar-refractivity contribution in [2.75, 3.05) is 39.9 Å². The number of amides is 2. The predicted molar refractivity (Wildman–Crippen MR) is 115 cm³/mol. The van der Waals surface area contributed by atoms with Crippen LogP contribution in [0.2, 0.25) is 0 Å². The SMILES string of the molecule is CC(C)c1nc(CN(C)C(=O)NC(CCN2CCOCC2)C(=O)O)cs1.O=C(O)C(=O)O. The molecule has 1 saturated heterocycles. The molecule has 2 amide bonds. The minimum Gasteiger partial charge on any atom is -0.480 e. The number of urea groups is 1. The van der Waals surface area contributed by atoms with Gasteiger partial charge in [-0.1, -0.05) is 13.8 Å². The van der Waals surface area contributed by atoms with E-state index in [0.29, 0.717) is 38.6 Å². The minimum atomic E-state index is -1.82. The second kappa shape index (κ2) is 13.6. The molecule has 1 fully saturated rings. The number of hydrogen-bond donors (Lipinski definition) is 4. The van der Waals surface area contributed by atoms with Crippen LogP contribution in [0.25, 0.3) is 0 Å². The third kappa shape index (κ3) is 10.0. The molecule has 0 aromatic carbocycles. The number of carboxylic acids is 3. The average Bonchev–Trinajstić information content (AvgIpc) is 3.20. The topological polar surface area (TPSA) is 170 Å². The van der Waals surface area contributed by atoms with Crippen molar-refractivity contribution in [1.82, 2.24) is 20.1 Å². The summed E-state index contributed by atoms with van der Waals surface area (Å²) in [6.45, 7) is 8.04. The van der Waals surface area contributed by atoms with Gasteiger partial charge in [0.25, 0.3) is 0 Å². The van der Waals surface area contributed by atoms with Crippen molar-refractivity contribution in [2.24, 2.45) is 0 Å². The van der Waals surface area contributed by atoms with Gasteiger partial charge in [-0.2, -0.15) is 0 Å². The van der Waals surface area contributed by atoms with Crippen molar-refractivity contribution in [3.05, 3.63) is 16.1 Å². The number of nitrogens with one attached hydrogen (secondary N) is 1. The molecular formula is C19H30N4O8S. The van der Waals surface area contributed by atoms with Crippen LogP contribution in [0.15, 0.2) is 5.38 Å². The Labute approximate surface area is 189 Å². The summed E-state index contributed by atoms with van der Waals surface area (Å²) < 4.78 is 5.28. The van der Waals surface area contributed by atoms with Crippen LogP contribution in [0.5, 0.6) is 0 Å². The maximum Gasteiger partial charge on any atom is 0.414 e. The van der Waals surface area contributed by atoms with Crippen LogP contribution in [-0.2, 0) is 25.7 Å². The highest BCUT2D eigenvalue weighted by Gasteiger charge is 2.23. The Hall–Kier alpha value is -2.77. The number of carbonyl (C=O) groups is 4. The number of morpholine rings is 1. The fraction of sp³-hybridized carbons (Fsp3) is 0.632. The van der Waals surface area contributed by atoms with Crippen molar-refractivity contribution in [3.8, 4) is 0 Å². The number of aromatic nitrogens is 1. The van der Waals surface area contributed by atoms with Gasteiger partial charge in [0.2, 0.25) is 0 Å². The molecule has 1 aliphatic rings. The number of carboxylic acid groups (broad SMARTS) is 3. The van der Waals surface area contributed by atoms with E-state index in [2.05, 4.69) is 29.0 Å². The van der Waals surface area contributed by atoms with E-state index in [-0.39, 0.29) is 0 Å². The molecule has 180 valence electrons. The zero-order chi connectivity index (χ0) is 24.3. The van der Waals surface area contributed by atoms with Crippen LogP contribution in [0.3, 0.4) is 0 Å². The molecule has 0 radical (unpaired) electrons. The molecule has 0 saturated carbocycles. The summed E-state index contributed by atoms with van der Waals surface area (Å²) in [6, 6.07) is -1.31. The van der Waals surface area contributed by atoms with E-state index in [1.54, 1.807) is 18.4 Å². The number of aliphatic carboxylic acids is 3. The van der Waals surface area contributed by atoms with Gasteiger partial charge in [0.15, 0.2) is 0 Å². The van der Waals surface area contributed by atoms with Crippen molar-refractivity contribution in [1.29, 1.82) is 0 Å². The van der Waals surface area contributed by atoms with E-state index in [1.165, 1.54) is 4.90 Å². The second-order valence-corrected chi connectivity index (χ2v) is 8.27. The van der Waals surface area contributed by atoms with Gasteiger partial charge in [-0.3, -0.25) is 4.90 Å². The van der Waals surface area contributed by atoms with Crippen LogP contribution in [-0.4, -0.2) is 100.0 Å². The quantitative estimate of drug-likeness (QED) is 0.394. The van der Waals surface area contributed by atoms with Gasteiger partial charge < -0.3 is 30.3 Å².